The lowest BCUT2D eigenvalue weighted by Crippen LogP contribution is -2.25. The number of carbonyl (C=O) groups excluding carboxylic acids is 1. The first-order valence-electron chi connectivity index (χ1n) is 7.19. The highest BCUT2D eigenvalue weighted by Crippen LogP contribution is 2.25. The molecule has 3 rings (SSSR count). The zero-order valence-corrected chi connectivity index (χ0v) is 12.2. The van der Waals surface area contributed by atoms with Crippen molar-refractivity contribution in [3.8, 4) is 11.4 Å². The molecule has 2 heterocycles. The van der Waals surface area contributed by atoms with E-state index in [2.05, 4.69) is 36.1 Å². The Labute approximate surface area is 123 Å². The normalized spacial score (nSPS) is 19.2. The van der Waals surface area contributed by atoms with E-state index >= 15 is 0 Å². The van der Waals surface area contributed by atoms with Crippen molar-refractivity contribution in [1.82, 2.24) is 10.1 Å². The van der Waals surface area contributed by atoms with Gasteiger partial charge in [0, 0.05) is 12.0 Å². The molecule has 1 aromatic carbocycles. The van der Waals surface area contributed by atoms with Crippen LogP contribution in [0.2, 0.25) is 0 Å². The molecule has 0 aliphatic carbocycles. The molecule has 1 aliphatic heterocycles. The van der Waals surface area contributed by atoms with Gasteiger partial charge in [-0.3, -0.25) is 4.79 Å². The van der Waals surface area contributed by atoms with Crippen molar-refractivity contribution in [2.75, 3.05) is 13.2 Å². The first-order chi connectivity index (χ1) is 10.1. The molecule has 1 atom stereocenters. The van der Waals surface area contributed by atoms with Gasteiger partial charge in [0.2, 0.25) is 11.7 Å². The van der Waals surface area contributed by atoms with Crippen molar-refractivity contribution in [3.63, 3.8) is 0 Å². The predicted octanol–water partition coefficient (Wildman–Crippen LogP) is 2.93. The van der Waals surface area contributed by atoms with Gasteiger partial charge >= 0.3 is 0 Å². The first kappa shape index (κ1) is 13.9. The summed E-state index contributed by atoms with van der Waals surface area (Å²) < 4.78 is 10.6. The van der Waals surface area contributed by atoms with Gasteiger partial charge in [-0.25, -0.2) is 0 Å². The lowest BCUT2D eigenvalue weighted by Gasteiger charge is -2.17. The van der Waals surface area contributed by atoms with Crippen LogP contribution in [0.1, 0.15) is 43.6 Å². The molecule has 1 saturated heterocycles. The minimum absolute atomic E-state index is 0.103. The average molecular weight is 286 g/mol. The number of rotatable bonds is 3. The van der Waals surface area contributed by atoms with Crippen molar-refractivity contribution in [2.45, 2.75) is 32.1 Å². The molecule has 5 heteroatoms. The summed E-state index contributed by atoms with van der Waals surface area (Å²) in [5.74, 6) is 1.03. The van der Waals surface area contributed by atoms with Crippen LogP contribution in [0, 0.1) is 0 Å². The van der Waals surface area contributed by atoms with Crippen molar-refractivity contribution in [3.05, 3.63) is 35.7 Å². The first-order valence-corrected chi connectivity index (χ1v) is 7.19. The van der Waals surface area contributed by atoms with Crippen LogP contribution < -0.4 is 0 Å². The molecule has 1 fully saturated rings. The van der Waals surface area contributed by atoms with E-state index in [4.69, 9.17) is 9.26 Å². The lowest BCUT2D eigenvalue weighted by molar-refractivity contribution is -0.127. The number of ketones is 1. The summed E-state index contributed by atoms with van der Waals surface area (Å²) in [4.78, 5) is 16.2. The zero-order chi connectivity index (χ0) is 14.8. The lowest BCUT2D eigenvalue weighted by atomic mass is 10.0. The molecule has 0 bridgehead atoms. The Morgan fingerprint density at radius 2 is 2.00 bits per heavy atom. The van der Waals surface area contributed by atoms with E-state index in [1.54, 1.807) is 0 Å². The Kier molecular flexibility index (Phi) is 3.84. The fourth-order valence-corrected chi connectivity index (χ4v) is 2.36. The summed E-state index contributed by atoms with van der Waals surface area (Å²) in [6.45, 7) is 5.10. The highest BCUT2D eigenvalue weighted by molar-refractivity contribution is 5.85. The van der Waals surface area contributed by atoms with Crippen LogP contribution in [-0.4, -0.2) is 29.1 Å². The Morgan fingerprint density at radius 3 is 2.67 bits per heavy atom. The number of ether oxygens (including phenoxy) is 1. The van der Waals surface area contributed by atoms with Gasteiger partial charge in [0.25, 0.3) is 0 Å². The number of nitrogens with zero attached hydrogens (tertiary/aromatic N) is 2. The van der Waals surface area contributed by atoms with Gasteiger partial charge in [0.15, 0.2) is 0 Å². The van der Waals surface area contributed by atoms with Gasteiger partial charge in [0.05, 0.1) is 13.2 Å². The minimum atomic E-state index is -0.421. The van der Waals surface area contributed by atoms with Gasteiger partial charge in [-0.1, -0.05) is 43.3 Å². The molecule has 0 saturated carbocycles. The number of Topliss-reactive ketones (excluding diaryl/α,β-unsaturated/α-hetero) is 1. The van der Waals surface area contributed by atoms with Crippen LogP contribution in [-0.2, 0) is 9.53 Å². The van der Waals surface area contributed by atoms with Gasteiger partial charge in [-0.05, 0) is 11.5 Å². The van der Waals surface area contributed by atoms with E-state index in [0.29, 0.717) is 37.3 Å². The van der Waals surface area contributed by atoms with E-state index in [-0.39, 0.29) is 5.78 Å². The highest BCUT2D eigenvalue weighted by atomic mass is 16.5. The summed E-state index contributed by atoms with van der Waals surface area (Å²) in [7, 11) is 0. The molecule has 1 aromatic heterocycles. The van der Waals surface area contributed by atoms with Crippen LogP contribution in [0.25, 0.3) is 11.4 Å². The quantitative estimate of drug-likeness (QED) is 0.868. The van der Waals surface area contributed by atoms with Crippen molar-refractivity contribution in [2.24, 2.45) is 0 Å². The maximum absolute atomic E-state index is 11.9. The number of benzene rings is 1. The van der Waals surface area contributed by atoms with E-state index in [1.807, 2.05) is 12.1 Å². The van der Waals surface area contributed by atoms with Gasteiger partial charge in [-0.15, -0.1) is 0 Å². The monoisotopic (exact) mass is 286 g/mol. The summed E-state index contributed by atoms with van der Waals surface area (Å²) in [5.41, 5.74) is 2.15. The van der Waals surface area contributed by atoms with Crippen molar-refractivity contribution in [1.29, 1.82) is 0 Å². The van der Waals surface area contributed by atoms with E-state index < -0.39 is 5.92 Å². The van der Waals surface area contributed by atoms with E-state index in [1.165, 1.54) is 5.56 Å². The Morgan fingerprint density at radius 1 is 1.24 bits per heavy atom. The molecule has 1 aliphatic rings. The largest absolute Gasteiger partial charge is 0.380 e. The zero-order valence-electron chi connectivity index (χ0n) is 12.2. The third kappa shape index (κ3) is 2.88. The molecule has 21 heavy (non-hydrogen) atoms. The number of hydrogen-bond acceptors (Lipinski definition) is 5. The Balaban J connectivity index is 1.82. The SMILES string of the molecule is CC(C)c1ccc(-c2noc(C3COCCC3=O)n2)cc1. The summed E-state index contributed by atoms with van der Waals surface area (Å²) in [6.07, 6.45) is 0.408. The molecule has 0 N–H and O–H groups in total. The Bertz CT molecular complexity index is 631. The molecule has 5 nitrogen and oxygen atoms in total. The van der Waals surface area contributed by atoms with E-state index in [9.17, 15) is 4.79 Å². The second-order valence-electron chi connectivity index (χ2n) is 5.58. The van der Waals surface area contributed by atoms with Gasteiger partial charge < -0.3 is 9.26 Å². The smallest absolute Gasteiger partial charge is 0.239 e. The topological polar surface area (TPSA) is 65.2 Å². The third-order valence-corrected chi connectivity index (χ3v) is 3.74. The standard InChI is InChI=1S/C16H18N2O3/c1-10(2)11-3-5-12(6-4-11)15-17-16(21-18-15)13-9-20-8-7-14(13)19/h3-6,10,13H,7-9H2,1-2H3. The fraction of sp³-hybridized carbons (Fsp3) is 0.438. The summed E-state index contributed by atoms with van der Waals surface area (Å²) >= 11 is 0. The van der Waals surface area contributed by atoms with Crippen molar-refractivity contribution < 1.29 is 14.1 Å². The molecule has 0 spiro atoms. The maximum atomic E-state index is 11.9. The molecular weight excluding hydrogens is 268 g/mol. The highest BCUT2D eigenvalue weighted by Gasteiger charge is 2.29. The van der Waals surface area contributed by atoms with Crippen LogP contribution >= 0.6 is 0 Å². The molecule has 110 valence electrons. The van der Waals surface area contributed by atoms with Crippen LogP contribution in [0.15, 0.2) is 28.8 Å². The van der Waals surface area contributed by atoms with Crippen LogP contribution in [0.4, 0.5) is 0 Å². The van der Waals surface area contributed by atoms with Gasteiger partial charge in [-0.2, -0.15) is 4.98 Å². The maximum Gasteiger partial charge on any atom is 0.239 e. The third-order valence-electron chi connectivity index (χ3n) is 3.74. The molecular formula is C16H18N2O3. The fourth-order valence-electron chi connectivity index (χ4n) is 2.36. The van der Waals surface area contributed by atoms with Crippen LogP contribution in [0.5, 0.6) is 0 Å². The Hall–Kier alpha value is -2.01. The number of hydrogen-bond donors (Lipinski definition) is 0. The summed E-state index contributed by atoms with van der Waals surface area (Å²) in [5, 5.41) is 3.98. The molecule has 1 unspecified atom stereocenters. The summed E-state index contributed by atoms with van der Waals surface area (Å²) in [6, 6.07) is 8.07. The molecule has 0 amide bonds. The predicted molar refractivity (Wildman–Crippen MR) is 77.0 cm³/mol. The number of carbonyl (C=O) groups is 1. The molecule has 2 aromatic rings. The van der Waals surface area contributed by atoms with Gasteiger partial charge in [0.1, 0.15) is 11.7 Å². The van der Waals surface area contributed by atoms with E-state index in [0.717, 1.165) is 5.56 Å². The average Bonchev–Trinajstić information content (AvgIpc) is 2.97. The minimum Gasteiger partial charge on any atom is -0.380 e. The molecule has 0 radical (unpaired) electrons. The second kappa shape index (κ2) is 5.77. The van der Waals surface area contributed by atoms with Crippen LogP contribution in [0.3, 0.4) is 0 Å². The number of aromatic nitrogens is 2. The van der Waals surface area contributed by atoms with Crippen molar-refractivity contribution >= 4 is 5.78 Å². The second-order valence-corrected chi connectivity index (χ2v) is 5.58.